The maximum absolute atomic E-state index is 13.1. The minimum Gasteiger partial charge on any atom is -0.479 e. The number of aliphatic imine (C=N–C) groups is 2. The largest absolute Gasteiger partial charge is 0.479 e. The van der Waals surface area contributed by atoms with E-state index >= 15 is 0 Å². The van der Waals surface area contributed by atoms with E-state index in [0.717, 1.165) is 39.1 Å². The van der Waals surface area contributed by atoms with Gasteiger partial charge in [-0.1, -0.05) is 71.8 Å². The van der Waals surface area contributed by atoms with Crippen molar-refractivity contribution in [1.82, 2.24) is 5.32 Å². The van der Waals surface area contributed by atoms with Crippen LogP contribution in [0.1, 0.15) is 43.9 Å². The number of aryl methyl sites for hydroxylation is 2. The van der Waals surface area contributed by atoms with Crippen LogP contribution in [0.4, 0.5) is 0 Å². The summed E-state index contributed by atoms with van der Waals surface area (Å²) < 4.78 is 5.79. The van der Waals surface area contributed by atoms with Gasteiger partial charge in [0.2, 0.25) is 0 Å². The standard InChI is InChI=1S/C32H27N3O4/c1-19-3-7-21(8-4-19)26-18-33-29(34-26)23-11-12-24-16-32(31(37)38,17-25(24)15-23)35-30(36)28-14-13-27(39-28)22-9-5-20(2)6-10-22/h3-15H,16-18H2,1-2H3,(H,35,36)(H,37,38). The number of nitrogens with one attached hydrogen (secondary N) is 1. The number of carbonyl (C=O) groups excluding carboxylic acids is 1. The lowest BCUT2D eigenvalue weighted by Crippen LogP contribution is -2.55. The van der Waals surface area contributed by atoms with Gasteiger partial charge < -0.3 is 14.8 Å². The summed E-state index contributed by atoms with van der Waals surface area (Å²) in [5, 5.41) is 13.0. The van der Waals surface area contributed by atoms with Crippen molar-refractivity contribution in [2.75, 3.05) is 6.54 Å². The first-order chi connectivity index (χ1) is 18.8. The Balaban J connectivity index is 1.20. The summed E-state index contributed by atoms with van der Waals surface area (Å²) in [5.74, 6) is -0.398. The molecule has 1 aliphatic heterocycles. The summed E-state index contributed by atoms with van der Waals surface area (Å²) in [6, 6.07) is 25.0. The third kappa shape index (κ3) is 4.68. The Kier molecular flexibility index (Phi) is 5.99. The average molecular weight is 518 g/mol. The second kappa shape index (κ2) is 9.51. The fraction of sp³-hybridized carbons (Fsp3) is 0.188. The molecule has 0 radical (unpaired) electrons. The quantitative estimate of drug-likeness (QED) is 0.368. The van der Waals surface area contributed by atoms with Crippen molar-refractivity contribution in [2.45, 2.75) is 32.2 Å². The molecule has 1 aromatic heterocycles. The van der Waals surface area contributed by atoms with Gasteiger partial charge in [0.25, 0.3) is 5.91 Å². The van der Waals surface area contributed by atoms with Gasteiger partial charge in [-0.3, -0.25) is 9.79 Å². The first kappa shape index (κ1) is 24.6. The second-order valence-corrected chi connectivity index (χ2v) is 10.3. The highest BCUT2D eigenvalue weighted by atomic mass is 16.4. The Hall–Kier alpha value is -4.78. The number of furan rings is 1. The highest BCUT2D eigenvalue weighted by Crippen LogP contribution is 2.33. The van der Waals surface area contributed by atoms with Gasteiger partial charge in [0, 0.05) is 24.0 Å². The van der Waals surface area contributed by atoms with Gasteiger partial charge in [0.05, 0.1) is 12.3 Å². The number of aliphatic carboxylic acids is 1. The highest BCUT2D eigenvalue weighted by molar-refractivity contribution is 6.17. The summed E-state index contributed by atoms with van der Waals surface area (Å²) in [6.07, 6.45) is 0.337. The van der Waals surface area contributed by atoms with E-state index in [1.54, 1.807) is 12.1 Å². The molecule has 7 nitrogen and oxygen atoms in total. The molecule has 7 heteroatoms. The number of amides is 1. The average Bonchev–Trinajstić information content (AvgIpc) is 3.68. The van der Waals surface area contributed by atoms with Gasteiger partial charge in [0.1, 0.15) is 11.3 Å². The molecule has 2 N–H and O–H groups in total. The molecule has 1 amide bonds. The van der Waals surface area contributed by atoms with E-state index in [1.807, 2.05) is 68.4 Å². The summed E-state index contributed by atoms with van der Waals surface area (Å²) in [6.45, 7) is 4.54. The molecular formula is C32H27N3O4. The van der Waals surface area contributed by atoms with E-state index < -0.39 is 17.4 Å². The van der Waals surface area contributed by atoms with Crippen LogP contribution >= 0.6 is 0 Å². The molecule has 6 rings (SSSR count). The Morgan fingerprint density at radius 2 is 1.46 bits per heavy atom. The molecule has 0 fully saturated rings. The van der Waals surface area contributed by atoms with Crippen molar-refractivity contribution in [1.29, 1.82) is 0 Å². The third-order valence-electron chi connectivity index (χ3n) is 7.38. The fourth-order valence-electron chi connectivity index (χ4n) is 5.13. The van der Waals surface area contributed by atoms with Gasteiger partial charge in [0.15, 0.2) is 11.6 Å². The zero-order chi connectivity index (χ0) is 27.1. The number of carboxylic acids is 1. The molecule has 0 bridgehead atoms. The van der Waals surface area contributed by atoms with Crippen molar-refractivity contribution in [3.05, 3.63) is 118 Å². The molecule has 3 aromatic carbocycles. The number of benzene rings is 3. The van der Waals surface area contributed by atoms with E-state index in [1.165, 1.54) is 5.56 Å². The minimum atomic E-state index is -1.47. The number of rotatable bonds is 6. The Morgan fingerprint density at radius 1 is 0.821 bits per heavy atom. The molecule has 0 saturated carbocycles. The Morgan fingerprint density at radius 3 is 2.15 bits per heavy atom. The van der Waals surface area contributed by atoms with E-state index in [9.17, 15) is 14.7 Å². The first-order valence-electron chi connectivity index (χ1n) is 12.8. The van der Waals surface area contributed by atoms with Crippen LogP contribution in [0.25, 0.3) is 11.3 Å². The lowest BCUT2D eigenvalue weighted by molar-refractivity contribution is -0.144. The molecule has 1 atom stereocenters. The van der Waals surface area contributed by atoms with E-state index in [2.05, 4.69) is 22.4 Å². The molecule has 1 unspecified atom stereocenters. The van der Waals surface area contributed by atoms with E-state index in [0.29, 0.717) is 18.1 Å². The van der Waals surface area contributed by atoms with Gasteiger partial charge >= 0.3 is 5.97 Å². The van der Waals surface area contributed by atoms with Crippen LogP contribution in [0.15, 0.2) is 93.3 Å². The topological polar surface area (TPSA) is 104 Å². The lowest BCUT2D eigenvalue weighted by Gasteiger charge is -2.24. The molecule has 0 saturated heterocycles. The molecule has 1 aliphatic carbocycles. The molecule has 0 spiro atoms. The van der Waals surface area contributed by atoms with Crippen LogP contribution in [0.3, 0.4) is 0 Å². The number of carboxylic acid groups (broad SMARTS) is 1. The zero-order valence-corrected chi connectivity index (χ0v) is 21.7. The van der Waals surface area contributed by atoms with Gasteiger partial charge in [-0.15, -0.1) is 0 Å². The number of fused-ring (bicyclic) bond motifs is 1. The van der Waals surface area contributed by atoms with Crippen molar-refractivity contribution in [3.63, 3.8) is 0 Å². The molecule has 2 aliphatic rings. The van der Waals surface area contributed by atoms with Gasteiger partial charge in [-0.25, -0.2) is 9.79 Å². The fourth-order valence-corrected chi connectivity index (χ4v) is 5.13. The summed E-state index contributed by atoms with van der Waals surface area (Å²) in [4.78, 5) is 35.0. The molecule has 2 heterocycles. The van der Waals surface area contributed by atoms with Crippen molar-refractivity contribution in [3.8, 4) is 11.3 Å². The van der Waals surface area contributed by atoms with Crippen LogP contribution in [-0.2, 0) is 17.6 Å². The highest BCUT2D eigenvalue weighted by Gasteiger charge is 2.46. The van der Waals surface area contributed by atoms with Crippen molar-refractivity contribution < 1.29 is 19.1 Å². The molecule has 4 aromatic rings. The Bertz CT molecular complexity index is 1660. The van der Waals surface area contributed by atoms with Crippen molar-refractivity contribution >= 4 is 23.4 Å². The first-order valence-corrected chi connectivity index (χ1v) is 12.8. The monoisotopic (exact) mass is 517 g/mol. The van der Waals surface area contributed by atoms with Gasteiger partial charge in [-0.05, 0) is 48.7 Å². The normalized spacial score (nSPS) is 17.9. The van der Waals surface area contributed by atoms with Crippen molar-refractivity contribution in [2.24, 2.45) is 9.98 Å². The number of amidine groups is 1. The number of nitrogens with zero attached hydrogens (tertiary/aromatic N) is 2. The SMILES string of the molecule is Cc1ccc(C2=NC(c3ccc4c(c3)CC(NC(=O)c3ccc(-c5ccc(C)cc5)o3)(C(=O)O)C4)=NC2)cc1. The molecular weight excluding hydrogens is 490 g/mol. The predicted molar refractivity (Wildman–Crippen MR) is 150 cm³/mol. The molecule has 194 valence electrons. The smallest absolute Gasteiger partial charge is 0.330 e. The predicted octanol–water partition coefficient (Wildman–Crippen LogP) is 5.16. The van der Waals surface area contributed by atoms with Crippen LogP contribution in [-0.4, -0.2) is 40.6 Å². The number of hydrogen-bond acceptors (Lipinski definition) is 5. The van der Waals surface area contributed by atoms with Crippen LogP contribution in [0.5, 0.6) is 0 Å². The maximum atomic E-state index is 13.1. The lowest BCUT2D eigenvalue weighted by atomic mass is 9.95. The van der Waals surface area contributed by atoms with Crippen LogP contribution in [0.2, 0.25) is 0 Å². The van der Waals surface area contributed by atoms with E-state index in [-0.39, 0.29) is 18.6 Å². The summed E-state index contributed by atoms with van der Waals surface area (Å²) >= 11 is 0. The second-order valence-electron chi connectivity index (χ2n) is 10.3. The number of hydrogen-bond donors (Lipinski definition) is 2. The van der Waals surface area contributed by atoms with E-state index in [4.69, 9.17) is 9.41 Å². The molecule has 39 heavy (non-hydrogen) atoms. The van der Waals surface area contributed by atoms with Crippen LogP contribution in [0, 0.1) is 13.8 Å². The maximum Gasteiger partial charge on any atom is 0.330 e. The minimum absolute atomic E-state index is 0.0705. The summed E-state index contributed by atoms with van der Waals surface area (Å²) in [7, 11) is 0. The van der Waals surface area contributed by atoms with Crippen LogP contribution < -0.4 is 5.32 Å². The zero-order valence-electron chi connectivity index (χ0n) is 21.7. The van der Waals surface area contributed by atoms with Gasteiger partial charge in [-0.2, -0.15) is 0 Å². The summed E-state index contributed by atoms with van der Waals surface area (Å²) in [5.41, 5.74) is 6.19. The third-order valence-corrected chi connectivity index (χ3v) is 7.38. The Labute approximate surface area is 225 Å². The number of carbonyl (C=O) groups is 2.